The van der Waals surface area contributed by atoms with Gasteiger partial charge in [0.05, 0.1) is 27.6 Å². The van der Waals surface area contributed by atoms with Gasteiger partial charge in [-0.2, -0.15) is 0 Å². The van der Waals surface area contributed by atoms with Gasteiger partial charge in [-0.05, 0) is 88.1 Å². The Labute approximate surface area is 239 Å². The van der Waals surface area contributed by atoms with Crippen LogP contribution < -0.4 is 33.0 Å². The third kappa shape index (κ3) is 13.9. The molecule has 0 spiro atoms. The fourth-order valence-corrected chi connectivity index (χ4v) is 4.50. The second-order valence-corrected chi connectivity index (χ2v) is 9.67. The first-order chi connectivity index (χ1) is 17.5. The van der Waals surface area contributed by atoms with E-state index in [0.717, 1.165) is 45.1 Å². The van der Waals surface area contributed by atoms with Gasteiger partial charge in [0.2, 0.25) is 5.91 Å². The zero-order chi connectivity index (χ0) is 29.0. The Hall–Kier alpha value is -2.05. The number of nitrogens with one attached hydrogen (secondary N) is 1. The molecule has 1 aromatic rings. The number of carbonyl (C=O) groups is 1. The van der Waals surface area contributed by atoms with E-state index in [9.17, 15) is 9.90 Å². The molecule has 1 amide bonds. The number of aliphatic hydroxyl groups excluding tert-OH is 1. The Bertz CT molecular complexity index is 853. The molecule has 0 fully saturated rings. The molecular weight excluding hydrogens is 606 g/mol. The number of benzene rings is 1. The molecule has 0 bridgehead atoms. The molecule has 37 heavy (non-hydrogen) atoms. The highest BCUT2D eigenvalue weighted by Crippen LogP contribution is 2.40. The minimum atomic E-state index is -0.894. The lowest BCUT2D eigenvalue weighted by Gasteiger charge is -2.30. The number of aliphatic hydroxyl groups is 1. The molecule has 1 atom stereocenters. The molecule has 1 rings (SSSR count). The van der Waals surface area contributed by atoms with Gasteiger partial charge in [-0.3, -0.25) is 14.8 Å². The number of unbranched alkanes of at least 4 members (excludes halogenated alkanes) is 1. The lowest BCUT2D eigenvalue weighted by Crippen LogP contribution is -2.45. The Kier molecular flexibility index (Phi) is 21.0. The van der Waals surface area contributed by atoms with Crippen LogP contribution in [0.4, 0.5) is 0 Å². The fraction of sp³-hybridized carbons (Fsp3) is 0.640. The van der Waals surface area contributed by atoms with Crippen LogP contribution in [0.1, 0.15) is 64.5 Å². The zero-order valence-electron chi connectivity index (χ0n) is 23.2. The maximum absolute atomic E-state index is 13.0. The summed E-state index contributed by atoms with van der Waals surface area (Å²) >= 11 is 7.21. The lowest BCUT2D eigenvalue weighted by molar-refractivity contribution is -0.133. The number of nitrogens with zero attached hydrogens (tertiary/aromatic N) is 2. The van der Waals surface area contributed by atoms with E-state index in [2.05, 4.69) is 54.1 Å². The average Bonchev–Trinajstić information content (AvgIpc) is 2.88. The minimum absolute atomic E-state index is 0.0723. The summed E-state index contributed by atoms with van der Waals surface area (Å²) in [6.07, 6.45) is 3.39. The monoisotopic (exact) mass is 651 g/mol. The quantitative estimate of drug-likeness (QED) is 0.107. The molecule has 10 N–H and O–H groups in total. The predicted molar refractivity (Wildman–Crippen MR) is 162 cm³/mol. The number of rotatable bonds is 13. The summed E-state index contributed by atoms with van der Waals surface area (Å²) in [7, 11) is 1.54. The molecule has 0 saturated heterocycles. The van der Waals surface area contributed by atoms with Crippen LogP contribution in [0.3, 0.4) is 0 Å². The van der Waals surface area contributed by atoms with Gasteiger partial charge >= 0.3 is 0 Å². The molecule has 0 aliphatic carbocycles. The van der Waals surface area contributed by atoms with Crippen LogP contribution in [0.5, 0.6) is 5.75 Å². The first kappa shape index (κ1) is 37.1. The van der Waals surface area contributed by atoms with E-state index in [1.165, 1.54) is 7.05 Å². The fourth-order valence-electron chi connectivity index (χ4n) is 3.07. The third-order valence-corrected chi connectivity index (χ3v) is 6.94. The van der Waals surface area contributed by atoms with Crippen LogP contribution in [-0.2, 0) is 11.2 Å². The van der Waals surface area contributed by atoms with Gasteiger partial charge in [0.25, 0.3) is 0 Å². The van der Waals surface area contributed by atoms with E-state index in [-0.39, 0.29) is 24.4 Å². The molecule has 0 radical (unpaired) electrons. The maximum atomic E-state index is 13.0. The predicted octanol–water partition coefficient (Wildman–Crippen LogP) is 3.33. The van der Waals surface area contributed by atoms with Crippen molar-refractivity contribution in [2.45, 2.75) is 66.7 Å². The van der Waals surface area contributed by atoms with Crippen LogP contribution in [0.15, 0.2) is 25.0 Å². The van der Waals surface area contributed by atoms with Crippen molar-refractivity contribution >= 4 is 49.7 Å². The third-order valence-electron chi connectivity index (χ3n) is 5.39. The van der Waals surface area contributed by atoms with Crippen molar-refractivity contribution in [2.75, 3.05) is 33.4 Å². The van der Waals surface area contributed by atoms with Gasteiger partial charge in [-0.1, -0.05) is 27.7 Å². The second kappa shape index (κ2) is 20.9. The first-order valence-electron chi connectivity index (χ1n) is 12.5. The summed E-state index contributed by atoms with van der Waals surface area (Å²) in [5.41, 5.74) is 21.3. The highest BCUT2D eigenvalue weighted by molar-refractivity contribution is 9.11. The molecule has 1 aromatic carbocycles. The Morgan fingerprint density at radius 3 is 2.19 bits per heavy atom. The number of carbonyl (C=O) groups excluding carboxylic acids is 1. The second-order valence-electron chi connectivity index (χ2n) is 8.02. The number of nitrogens with two attached hydrogens (primary N) is 4. The summed E-state index contributed by atoms with van der Waals surface area (Å²) < 4.78 is 7.53. The molecule has 214 valence electrons. The number of amides is 1. The van der Waals surface area contributed by atoms with Gasteiger partial charge in [-0.25, -0.2) is 0 Å². The van der Waals surface area contributed by atoms with Crippen molar-refractivity contribution in [3.8, 4) is 5.75 Å². The molecule has 0 aliphatic heterocycles. The molecule has 12 heteroatoms. The maximum Gasteiger partial charge on any atom is 0.228 e. The van der Waals surface area contributed by atoms with Crippen LogP contribution in [-0.4, -0.2) is 56.3 Å². The number of guanidine groups is 2. The van der Waals surface area contributed by atoms with E-state index < -0.39 is 5.41 Å². The molecule has 0 aliphatic rings. The van der Waals surface area contributed by atoms with Gasteiger partial charge in [-0.15, -0.1) is 0 Å². The largest absolute Gasteiger partial charge is 0.491 e. The molecule has 10 nitrogen and oxygen atoms in total. The molecule has 0 aromatic heterocycles. The summed E-state index contributed by atoms with van der Waals surface area (Å²) in [6.45, 7) is 11.4. The molecule has 0 heterocycles. The van der Waals surface area contributed by atoms with Crippen LogP contribution in [0, 0.1) is 12.3 Å². The van der Waals surface area contributed by atoms with Gasteiger partial charge in [0, 0.05) is 20.1 Å². The first-order valence-corrected chi connectivity index (χ1v) is 14.1. The summed E-state index contributed by atoms with van der Waals surface area (Å²) in [4.78, 5) is 20.3. The SMILES string of the molecule is CC.CCCOc1c(Br)cc(CC(CC)(CO)C(=O)NCCCCN=C(N)N)c(C)c1Br.CN=C(N)N. The van der Waals surface area contributed by atoms with Crippen molar-refractivity contribution in [1.82, 2.24) is 5.32 Å². The van der Waals surface area contributed by atoms with Crippen LogP contribution in [0.2, 0.25) is 0 Å². The summed E-state index contributed by atoms with van der Waals surface area (Å²) in [6, 6.07) is 1.98. The number of aliphatic imine (C=N–C) groups is 2. The van der Waals surface area contributed by atoms with Crippen molar-refractivity contribution in [3.05, 3.63) is 26.1 Å². The van der Waals surface area contributed by atoms with Crippen LogP contribution >= 0.6 is 31.9 Å². The smallest absolute Gasteiger partial charge is 0.228 e. The summed E-state index contributed by atoms with van der Waals surface area (Å²) in [5, 5.41) is 13.1. The normalized spacial score (nSPS) is 11.5. The van der Waals surface area contributed by atoms with Gasteiger partial charge < -0.3 is 38.1 Å². The zero-order valence-corrected chi connectivity index (χ0v) is 26.3. The number of ether oxygens (including phenoxy) is 1. The van der Waals surface area contributed by atoms with E-state index in [0.29, 0.717) is 32.5 Å². The summed E-state index contributed by atoms with van der Waals surface area (Å²) in [5.74, 6) is 0.815. The standard InChI is InChI=1S/C21H34Br2N4O3.C2H7N3.C2H6/c1-4-10-30-18-16(22)11-15(14(3)17(18)23)12-21(5-2,13-28)19(29)26-8-6-7-9-27-20(24)25;1-5-2(3)4;1-2/h11,28H,4-10,12-13H2,1-3H3,(H,26,29)(H4,24,25,27);1H3,(H4,3,4,5);1-2H3. The van der Waals surface area contributed by atoms with E-state index in [4.69, 9.17) is 27.7 Å². The molecular formula is C25H47Br2N7O3. The Morgan fingerprint density at radius 1 is 1.14 bits per heavy atom. The number of hydrogen-bond donors (Lipinski definition) is 6. The van der Waals surface area contributed by atoms with Gasteiger partial charge in [0.1, 0.15) is 5.75 Å². The Morgan fingerprint density at radius 2 is 1.73 bits per heavy atom. The van der Waals surface area contributed by atoms with E-state index >= 15 is 0 Å². The van der Waals surface area contributed by atoms with E-state index in [1.807, 2.05) is 33.8 Å². The van der Waals surface area contributed by atoms with Gasteiger partial charge in [0.15, 0.2) is 11.9 Å². The van der Waals surface area contributed by atoms with Crippen molar-refractivity contribution < 1.29 is 14.6 Å². The highest BCUT2D eigenvalue weighted by atomic mass is 79.9. The minimum Gasteiger partial charge on any atom is -0.491 e. The lowest BCUT2D eigenvalue weighted by atomic mass is 9.78. The van der Waals surface area contributed by atoms with Crippen molar-refractivity contribution in [1.29, 1.82) is 0 Å². The number of hydrogen-bond acceptors (Lipinski definition) is 5. The van der Waals surface area contributed by atoms with Crippen molar-refractivity contribution in [2.24, 2.45) is 38.3 Å². The molecule has 0 saturated carbocycles. The Balaban J connectivity index is 0. The topological polar surface area (TPSA) is 187 Å². The average molecular weight is 654 g/mol. The highest BCUT2D eigenvalue weighted by Gasteiger charge is 2.37. The van der Waals surface area contributed by atoms with Crippen molar-refractivity contribution in [3.63, 3.8) is 0 Å². The van der Waals surface area contributed by atoms with E-state index in [1.54, 1.807) is 0 Å². The molecule has 1 unspecified atom stereocenters. The number of halogens is 2. The van der Waals surface area contributed by atoms with Crippen LogP contribution in [0.25, 0.3) is 0 Å².